The fraction of sp³-hybridized carbons (Fsp3) is 0.333. The van der Waals surface area contributed by atoms with Gasteiger partial charge in [0.2, 0.25) is 0 Å². The maximum atomic E-state index is 12.5. The molecule has 7 heteroatoms. The van der Waals surface area contributed by atoms with E-state index in [2.05, 4.69) is 20.6 Å². The smallest absolute Gasteiger partial charge is 0.278 e. The van der Waals surface area contributed by atoms with E-state index in [0.717, 1.165) is 19.3 Å². The van der Waals surface area contributed by atoms with Gasteiger partial charge in [-0.25, -0.2) is 9.97 Å². The Bertz CT molecular complexity index is 802. The molecule has 1 amide bonds. The predicted molar refractivity (Wildman–Crippen MR) is 93.0 cm³/mol. The predicted octanol–water partition coefficient (Wildman–Crippen LogP) is 2.17. The van der Waals surface area contributed by atoms with Gasteiger partial charge < -0.3 is 15.7 Å². The number of carbonyl (C=O) groups is 1. The third-order valence-electron chi connectivity index (χ3n) is 4.31. The van der Waals surface area contributed by atoms with E-state index in [9.17, 15) is 9.90 Å². The molecule has 2 atom stereocenters. The molecule has 1 saturated carbocycles. The Morgan fingerprint density at radius 1 is 1.32 bits per heavy atom. The lowest BCUT2D eigenvalue weighted by Gasteiger charge is -2.16. The first kappa shape index (κ1) is 16.9. The Balaban J connectivity index is 1.71. The number of hydrogen-bond acceptors (Lipinski definition) is 6. The molecular weight excluding hydrogens is 318 g/mol. The quantitative estimate of drug-likeness (QED) is 0.771. The molecule has 1 aromatic carbocycles. The summed E-state index contributed by atoms with van der Waals surface area (Å²) in [5.41, 5.74) is 1.16. The maximum Gasteiger partial charge on any atom is 0.278 e. The molecule has 1 aliphatic rings. The van der Waals surface area contributed by atoms with Gasteiger partial charge in [0.25, 0.3) is 5.91 Å². The normalized spacial score (nSPS) is 19.2. The molecule has 3 rings (SSSR count). The van der Waals surface area contributed by atoms with Gasteiger partial charge in [-0.05, 0) is 31.0 Å². The Morgan fingerprint density at radius 2 is 2.16 bits per heavy atom. The van der Waals surface area contributed by atoms with Crippen LogP contribution in [0.1, 0.15) is 35.3 Å². The van der Waals surface area contributed by atoms with Crippen molar-refractivity contribution in [2.45, 2.75) is 25.4 Å². The van der Waals surface area contributed by atoms with Crippen LogP contribution in [-0.2, 0) is 0 Å². The highest BCUT2D eigenvalue weighted by atomic mass is 16.3. The van der Waals surface area contributed by atoms with Gasteiger partial charge in [0.1, 0.15) is 0 Å². The van der Waals surface area contributed by atoms with Gasteiger partial charge in [0.15, 0.2) is 11.5 Å². The first-order valence-electron chi connectivity index (χ1n) is 8.22. The van der Waals surface area contributed by atoms with Crippen LogP contribution in [-0.4, -0.2) is 33.6 Å². The van der Waals surface area contributed by atoms with Crippen molar-refractivity contribution in [3.63, 3.8) is 0 Å². The molecule has 0 bridgehead atoms. The SMILES string of the molecule is N#Cc1cccc(NC(=O)c2nccnc2NC[C@@H]2CCC[C@@H]2O)c1. The van der Waals surface area contributed by atoms with Crippen molar-refractivity contribution in [3.05, 3.63) is 47.9 Å². The molecule has 1 heterocycles. The summed E-state index contributed by atoms with van der Waals surface area (Å²) in [5.74, 6) is 0.137. The minimum absolute atomic E-state index is 0.158. The molecular formula is C18H19N5O2. The molecule has 0 saturated heterocycles. The van der Waals surface area contributed by atoms with Crippen molar-refractivity contribution in [3.8, 4) is 6.07 Å². The molecule has 7 nitrogen and oxygen atoms in total. The van der Waals surface area contributed by atoms with Crippen molar-refractivity contribution < 1.29 is 9.90 Å². The van der Waals surface area contributed by atoms with E-state index in [1.165, 1.54) is 12.4 Å². The van der Waals surface area contributed by atoms with Crippen LogP contribution in [0.4, 0.5) is 11.5 Å². The number of hydrogen-bond donors (Lipinski definition) is 3. The number of rotatable bonds is 5. The summed E-state index contributed by atoms with van der Waals surface area (Å²) in [5, 5.41) is 24.7. The number of aliphatic hydroxyl groups excluding tert-OH is 1. The maximum absolute atomic E-state index is 12.5. The number of carbonyl (C=O) groups excluding carboxylic acids is 1. The molecule has 0 aliphatic heterocycles. The number of aromatic nitrogens is 2. The molecule has 0 unspecified atom stereocenters. The average Bonchev–Trinajstić information content (AvgIpc) is 3.05. The molecule has 25 heavy (non-hydrogen) atoms. The summed E-state index contributed by atoms with van der Waals surface area (Å²) in [6, 6.07) is 8.70. The number of amides is 1. The van der Waals surface area contributed by atoms with Gasteiger partial charge in [-0.3, -0.25) is 4.79 Å². The second kappa shape index (κ2) is 7.73. The van der Waals surface area contributed by atoms with E-state index in [1.54, 1.807) is 24.3 Å². The van der Waals surface area contributed by atoms with Gasteiger partial charge in [0, 0.05) is 30.5 Å². The summed E-state index contributed by atoms with van der Waals surface area (Å²) in [7, 11) is 0. The zero-order valence-corrected chi connectivity index (χ0v) is 13.6. The van der Waals surface area contributed by atoms with Crippen LogP contribution in [0.25, 0.3) is 0 Å². The van der Waals surface area contributed by atoms with Crippen LogP contribution in [0.2, 0.25) is 0 Å². The molecule has 2 aromatic rings. The number of nitriles is 1. The second-order valence-corrected chi connectivity index (χ2v) is 6.04. The summed E-state index contributed by atoms with van der Waals surface area (Å²) in [4.78, 5) is 20.8. The lowest BCUT2D eigenvalue weighted by molar-refractivity contribution is 0.102. The summed E-state index contributed by atoms with van der Waals surface area (Å²) in [6.45, 7) is 0.546. The monoisotopic (exact) mass is 337 g/mol. The van der Waals surface area contributed by atoms with Crippen LogP contribution in [0.3, 0.4) is 0 Å². The molecule has 1 aliphatic carbocycles. The number of benzene rings is 1. The standard InChI is InChI=1S/C18H19N5O2/c19-10-12-3-1-5-14(9-12)23-18(25)16-17(21-8-7-20-16)22-11-13-4-2-6-15(13)24/h1,3,5,7-9,13,15,24H,2,4,6,11H2,(H,21,22)(H,23,25)/t13-,15-/m0/s1. The zero-order valence-electron chi connectivity index (χ0n) is 13.6. The molecule has 0 radical (unpaired) electrons. The van der Waals surface area contributed by atoms with E-state index in [-0.39, 0.29) is 17.7 Å². The molecule has 0 spiro atoms. The van der Waals surface area contributed by atoms with Crippen LogP contribution in [0, 0.1) is 17.2 Å². The van der Waals surface area contributed by atoms with E-state index >= 15 is 0 Å². The van der Waals surface area contributed by atoms with Crippen LogP contribution < -0.4 is 10.6 Å². The Morgan fingerprint density at radius 3 is 2.92 bits per heavy atom. The highest BCUT2D eigenvalue weighted by Crippen LogP contribution is 2.26. The molecule has 1 fully saturated rings. The Labute approximate surface area is 145 Å². The number of anilines is 2. The van der Waals surface area contributed by atoms with Crippen molar-refractivity contribution in [2.24, 2.45) is 5.92 Å². The lowest BCUT2D eigenvalue weighted by Crippen LogP contribution is -2.24. The Hall–Kier alpha value is -2.98. The van der Waals surface area contributed by atoms with Gasteiger partial charge in [-0.15, -0.1) is 0 Å². The third-order valence-corrected chi connectivity index (χ3v) is 4.31. The molecule has 128 valence electrons. The summed E-state index contributed by atoms with van der Waals surface area (Å²) in [6.07, 6.45) is 5.44. The fourth-order valence-electron chi connectivity index (χ4n) is 2.97. The highest BCUT2D eigenvalue weighted by Gasteiger charge is 2.25. The second-order valence-electron chi connectivity index (χ2n) is 6.04. The van der Waals surface area contributed by atoms with Gasteiger partial charge >= 0.3 is 0 Å². The van der Waals surface area contributed by atoms with Crippen molar-refractivity contribution in [2.75, 3.05) is 17.2 Å². The van der Waals surface area contributed by atoms with E-state index in [0.29, 0.717) is 23.6 Å². The van der Waals surface area contributed by atoms with Crippen molar-refractivity contribution in [1.29, 1.82) is 5.26 Å². The average molecular weight is 337 g/mol. The van der Waals surface area contributed by atoms with Crippen molar-refractivity contribution in [1.82, 2.24) is 9.97 Å². The lowest BCUT2D eigenvalue weighted by atomic mass is 10.1. The molecule has 3 N–H and O–H groups in total. The topological polar surface area (TPSA) is 111 Å². The van der Waals surface area contributed by atoms with E-state index in [4.69, 9.17) is 5.26 Å². The van der Waals surface area contributed by atoms with E-state index in [1.807, 2.05) is 6.07 Å². The van der Waals surface area contributed by atoms with Crippen LogP contribution in [0.5, 0.6) is 0 Å². The number of nitrogens with one attached hydrogen (secondary N) is 2. The number of nitrogens with zero attached hydrogens (tertiary/aromatic N) is 3. The largest absolute Gasteiger partial charge is 0.393 e. The fourth-order valence-corrected chi connectivity index (χ4v) is 2.97. The first-order chi connectivity index (χ1) is 12.2. The minimum Gasteiger partial charge on any atom is -0.393 e. The molecule has 1 aromatic heterocycles. The summed E-state index contributed by atoms with van der Waals surface area (Å²) < 4.78 is 0. The van der Waals surface area contributed by atoms with Crippen LogP contribution >= 0.6 is 0 Å². The van der Waals surface area contributed by atoms with E-state index < -0.39 is 5.91 Å². The Kier molecular flexibility index (Phi) is 5.21. The van der Waals surface area contributed by atoms with Gasteiger partial charge in [-0.2, -0.15) is 5.26 Å². The van der Waals surface area contributed by atoms with Crippen molar-refractivity contribution >= 4 is 17.4 Å². The third kappa shape index (κ3) is 4.11. The van der Waals surface area contributed by atoms with Gasteiger partial charge in [0.05, 0.1) is 17.7 Å². The minimum atomic E-state index is -0.405. The van der Waals surface area contributed by atoms with Gasteiger partial charge in [-0.1, -0.05) is 12.5 Å². The van der Waals surface area contributed by atoms with Crippen LogP contribution in [0.15, 0.2) is 36.7 Å². The summed E-state index contributed by atoms with van der Waals surface area (Å²) >= 11 is 0. The number of aliphatic hydroxyl groups is 1. The highest BCUT2D eigenvalue weighted by molar-refractivity contribution is 6.05. The first-order valence-corrected chi connectivity index (χ1v) is 8.22. The zero-order chi connectivity index (χ0) is 17.6.